The Bertz CT molecular complexity index is 1340. The van der Waals surface area contributed by atoms with E-state index in [-0.39, 0.29) is 24.6 Å². The zero-order valence-electron chi connectivity index (χ0n) is 23.1. The van der Waals surface area contributed by atoms with E-state index >= 15 is 0 Å². The van der Waals surface area contributed by atoms with Gasteiger partial charge in [-0.2, -0.15) is 0 Å². The van der Waals surface area contributed by atoms with Gasteiger partial charge in [-0.3, -0.25) is 9.78 Å². The fourth-order valence-electron chi connectivity index (χ4n) is 6.21. The number of nitrogens with one attached hydrogen (secondary N) is 2. The summed E-state index contributed by atoms with van der Waals surface area (Å²) < 4.78 is 13.1. The molecule has 0 unspecified atom stereocenters. The molecule has 1 aliphatic carbocycles. The maximum Gasteiger partial charge on any atom is 0.250 e. The Hall–Kier alpha value is -3.43. The zero-order valence-corrected chi connectivity index (χ0v) is 23.9. The summed E-state index contributed by atoms with van der Waals surface area (Å²) in [6.45, 7) is 4.40. The molecule has 0 bridgehead atoms. The molecule has 8 nitrogen and oxygen atoms in total. The zero-order chi connectivity index (χ0) is 27.5. The molecular formula is C30H37N5O3S. The number of pyridine rings is 1. The maximum atomic E-state index is 12.4. The summed E-state index contributed by atoms with van der Waals surface area (Å²) in [5, 5.41) is 7.08. The molecule has 206 valence electrons. The van der Waals surface area contributed by atoms with Crippen molar-refractivity contribution in [1.29, 1.82) is 0 Å². The first-order valence-corrected chi connectivity index (χ1v) is 14.0. The summed E-state index contributed by atoms with van der Waals surface area (Å²) in [5.41, 5.74) is 6.11. The van der Waals surface area contributed by atoms with E-state index in [4.69, 9.17) is 26.7 Å². The van der Waals surface area contributed by atoms with E-state index in [1.54, 1.807) is 7.11 Å². The number of aryl methyl sites for hydroxylation is 1. The Labute approximate surface area is 235 Å². The standard InChI is InChI=1S/C30H37N5O3S/c1-19-16-23(20(2)34(19)21-10-6-5-7-11-21)29-28(24-12-8-9-15-31-24)33-30(39)35(29)22-13-14-26(38-4)25(17-22)32-27(36)18-37-3/h8-9,12-17,21,28-29H,5-7,10-11,18H2,1-4H3,(H,32,36)(H,33,39)/t28-,29-/m0/s1. The van der Waals surface area contributed by atoms with Crippen molar-refractivity contribution in [2.75, 3.05) is 31.0 Å². The van der Waals surface area contributed by atoms with Crippen molar-refractivity contribution in [3.8, 4) is 5.75 Å². The highest BCUT2D eigenvalue weighted by atomic mass is 32.1. The molecule has 3 aromatic rings. The van der Waals surface area contributed by atoms with Gasteiger partial charge in [-0.05, 0) is 80.9 Å². The van der Waals surface area contributed by atoms with Crippen molar-refractivity contribution in [2.24, 2.45) is 0 Å². The molecule has 2 aliphatic rings. The minimum atomic E-state index is -0.256. The number of thiocarbonyl (C=S) groups is 1. The fraction of sp³-hybridized carbons (Fsp3) is 0.433. The van der Waals surface area contributed by atoms with Crippen LogP contribution in [0.2, 0.25) is 0 Å². The SMILES string of the molecule is COCC(=O)Nc1cc(N2C(=S)N[C@@H](c3ccccn3)[C@@H]2c2cc(C)n(C3CCCCC3)c2C)ccc1OC. The van der Waals surface area contributed by atoms with Crippen LogP contribution in [0.25, 0.3) is 0 Å². The Morgan fingerprint density at radius 3 is 2.62 bits per heavy atom. The number of anilines is 2. The van der Waals surface area contributed by atoms with Crippen molar-refractivity contribution in [3.05, 3.63) is 71.3 Å². The van der Waals surface area contributed by atoms with Crippen LogP contribution in [0.15, 0.2) is 48.7 Å². The normalized spacial score (nSPS) is 19.7. The Morgan fingerprint density at radius 1 is 1.13 bits per heavy atom. The number of methoxy groups -OCH3 is 2. The van der Waals surface area contributed by atoms with Gasteiger partial charge in [-0.15, -0.1) is 0 Å². The average Bonchev–Trinajstić information content (AvgIpc) is 3.44. The number of hydrogen-bond acceptors (Lipinski definition) is 5. The molecule has 2 aromatic heterocycles. The smallest absolute Gasteiger partial charge is 0.250 e. The van der Waals surface area contributed by atoms with E-state index in [1.807, 2.05) is 42.6 Å². The number of carbonyl (C=O) groups is 1. The van der Waals surface area contributed by atoms with Crippen LogP contribution in [-0.2, 0) is 9.53 Å². The number of benzene rings is 1. The van der Waals surface area contributed by atoms with Crippen molar-refractivity contribution in [3.63, 3.8) is 0 Å². The molecule has 9 heteroatoms. The molecule has 1 saturated carbocycles. The quantitative estimate of drug-likeness (QED) is 0.346. The summed E-state index contributed by atoms with van der Waals surface area (Å²) >= 11 is 5.96. The minimum Gasteiger partial charge on any atom is -0.495 e. The number of ether oxygens (including phenoxy) is 2. The Balaban J connectivity index is 1.61. The van der Waals surface area contributed by atoms with Crippen LogP contribution in [0.5, 0.6) is 5.75 Å². The monoisotopic (exact) mass is 547 g/mol. The van der Waals surface area contributed by atoms with Crippen LogP contribution in [-0.4, -0.2) is 41.4 Å². The molecule has 1 saturated heterocycles. The summed E-state index contributed by atoms with van der Waals surface area (Å²) in [6, 6.07) is 14.3. The van der Waals surface area contributed by atoms with Gasteiger partial charge in [0.2, 0.25) is 5.91 Å². The first-order chi connectivity index (χ1) is 18.9. The van der Waals surface area contributed by atoms with Crippen molar-refractivity contribution >= 4 is 34.6 Å². The highest BCUT2D eigenvalue weighted by Gasteiger charge is 2.42. The lowest BCUT2D eigenvalue weighted by molar-refractivity contribution is -0.119. The molecule has 2 fully saturated rings. The third-order valence-electron chi connectivity index (χ3n) is 7.89. The van der Waals surface area contributed by atoms with Crippen LogP contribution >= 0.6 is 12.2 Å². The van der Waals surface area contributed by atoms with Gasteiger partial charge in [0.1, 0.15) is 12.4 Å². The van der Waals surface area contributed by atoms with Gasteiger partial charge in [0.05, 0.1) is 30.6 Å². The van der Waals surface area contributed by atoms with E-state index in [9.17, 15) is 4.79 Å². The molecule has 0 spiro atoms. The number of nitrogens with zero attached hydrogens (tertiary/aromatic N) is 3. The van der Waals surface area contributed by atoms with Gasteiger partial charge in [-0.1, -0.05) is 25.3 Å². The molecular weight excluding hydrogens is 510 g/mol. The van der Waals surface area contributed by atoms with Crippen molar-refractivity contribution in [2.45, 2.75) is 64.1 Å². The third-order valence-corrected chi connectivity index (χ3v) is 8.21. The largest absolute Gasteiger partial charge is 0.495 e. The second-order valence-electron chi connectivity index (χ2n) is 10.4. The number of hydrogen-bond donors (Lipinski definition) is 2. The van der Waals surface area contributed by atoms with E-state index in [0.29, 0.717) is 22.6 Å². The van der Waals surface area contributed by atoms with Crippen molar-refractivity contribution < 1.29 is 14.3 Å². The molecule has 2 atom stereocenters. The van der Waals surface area contributed by atoms with Gasteiger partial charge >= 0.3 is 0 Å². The number of rotatable bonds is 8. The van der Waals surface area contributed by atoms with E-state index in [1.165, 1.54) is 56.2 Å². The molecule has 2 N–H and O–H groups in total. The molecule has 1 amide bonds. The Kier molecular flexibility index (Phi) is 8.18. The number of amides is 1. The second kappa shape index (κ2) is 11.8. The number of aromatic nitrogens is 2. The summed E-state index contributed by atoms with van der Waals surface area (Å²) in [6.07, 6.45) is 8.12. The van der Waals surface area contributed by atoms with E-state index < -0.39 is 0 Å². The maximum absolute atomic E-state index is 12.4. The first kappa shape index (κ1) is 27.1. The van der Waals surface area contributed by atoms with Crippen LogP contribution < -0.4 is 20.3 Å². The molecule has 5 rings (SSSR count). The van der Waals surface area contributed by atoms with Crippen LogP contribution in [0.3, 0.4) is 0 Å². The van der Waals surface area contributed by atoms with Gasteiger partial charge in [0, 0.05) is 36.4 Å². The molecule has 0 radical (unpaired) electrons. The summed E-state index contributed by atoms with van der Waals surface area (Å²) in [7, 11) is 3.08. The van der Waals surface area contributed by atoms with E-state index in [0.717, 1.165) is 11.4 Å². The van der Waals surface area contributed by atoms with Crippen LogP contribution in [0.1, 0.15) is 72.9 Å². The molecule has 1 aromatic carbocycles. The first-order valence-electron chi connectivity index (χ1n) is 13.6. The van der Waals surface area contributed by atoms with Gasteiger partial charge in [-0.25, -0.2) is 0 Å². The third kappa shape index (κ3) is 5.38. The molecule has 39 heavy (non-hydrogen) atoms. The molecule has 1 aliphatic heterocycles. The lowest BCUT2D eigenvalue weighted by Gasteiger charge is -2.30. The van der Waals surface area contributed by atoms with Crippen molar-refractivity contribution in [1.82, 2.24) is 14.9 Å². The summed E-state index contributed by atoms with van der Waals surface area (Å²) in [5.74, 6) is 0.309. The second-order valence-corrected chi connectivity index (χ2v) is 10.7. The Morgan fingerprint density at radius 2 is 1.92 bits per heavy atom. The summed E-state index contributed by atoms with van der Waals surface area (Å²) in [4.78, 5) is 19.2. The lowest BCUT2D eigenvalue weighted by Crippen LogP contribution is -2.30. The predicted molar refractivity (Wildman–Crippen MR) is 157 cm³/mol. The topological polar surface area (TPSA) is 80.7 Å². The lowest BCUT2D eigenvalue weighted by atomic mass is 9.94. The van der Waals surface area contributed by atoms with Gasteiger partial charge in [0.15, 0.2) is 5.11 Å². The highest BCUT2D eigenvalue weighted by molar-refractivity contribution is 7.80. The van der Waals surface area contributed by atoms with Gasteiger partial charge < -0.3 is 29.6 Å². The van der Waals surface area contributed by atoms with E-state index in [2.05, 4.69) is 40.0 Å². The van der Waals surface area contributed by atoms with Gasteiger partial charge in [0.25, 0.3) is 0 Å². The minimum absolute atomic E-state index is 0.0470. The molecule has 3 heterocycles. The van der Waals surface area contributed by atoms with Crippen LogP contribution in [0.4, 0.5) is 11.4 Å². The highest BCUT2D eigenvalue weighted by Crippen LogP contribution is 2.45. The predicted octanol–water partition coefficient (Wildman–Crippen LogP) is 5.78. The average molecular weight is 548 g/mol. The van der Waals surface area contributed by atoms with Crippen LogP contribution in [0, 0.1) is 13.8 Å². The fourth-order valence-corrected chi connectivity index (χ4v) is 6.56. The number of carbonyl (C=O) groups excluding carboxylic acids is 1.